The summed E-state index contributed by atoms with van der Waals surface area (Å²) in [5, 5.41) is 0. The standard InChI is InChI=1S/C10H16O2/c1-9-3-2-5-10(6-4-9)11-7-8-12-10/h4,6,9H,2-3,5,7-8H2,1H3/t9-/m1/s1. The lowest BCUT2D eigenvalue weighted by molar-refractivity contribution is -0.121. The van der Waals surface area contributed by atoms with Crippen molar-refractivity contribution in [2.24, 2.45) is 5.92 Å². The van der Waals surface area contributed by atoms with Crippen molar-refractivity contribution in [2.45, 2.75) is 32.0 Å². The summed E-state index contributed by atoms with van der Waals surface area (Å²) in [6, 6.07) is 0. The Balaban J connectivity index is 2.09. The van der Waals surface area contributed by atoms with Crippen molar-refractivity contribution in [2.75, 3.05) is 13.2 Å². The normalized spacial score (nSPS) is 33.9. The topological polar surface area (TPSA) is 18.5 Å². The van der Waals surface area contributed by atoms with E-state index < -0.39 is 0 Å². The van der Waals surface area contributed by atoms with Crippen molar-refractivity contribution >= 4 is 0 Å². The first kappa shape index (κ1) is 8.27. The van der Waals surface area contributed by atoms with Crippen molar-refractivity contribution in [3.63, 3.8) is 0 Å². The van der Waals surface area contributed by atoms with Gasteiger partial charge in [0.05, 0.1) is 13.2 Å². The highest BCUT2D eigenvalue weighted by Crippen LogP contribution is 2.31. The van der Waals surface area contributed by atoms with E-state index in [1.807, 2.05) is 0 Å². The molecule has 1 saturated heterocycles. The second kappa shape index (κ2) is 3.19. The van der Waals surface area contributed by atoms with Crippen LogP contribution in [-0.4, -0.2) is 19.0 Å². The molecule has 1 aliphatic carbocycles. The highest BCUT2D eigenvalue weighted by atomic mass is 16.7. The van der Waals surface area contributed by atoms with Gasteiger partial charge in [0.25, 0.3) is 0 Å². The maximum atomic E-state index is 5.60. The minimum Gasteiger partial charge on any atom is -0.344 e. The molecule has 68 valence electrons. The van der Waals surface area contributed by atoms with Crippen LogP contribution in [-0.2, 0) is 9.47 Å². The summed E-state index contributed by atoms with van der Waals surface area (Å²) in [6.07, 6.45) is 7.81. The van der Waals surface area contributed by atoms with Gasteiger partial charge in [-0.3, -0.25) is 0 Å². The molecule has 0 aromatic heterocycles. The average Bonchev–Trinajstić information content (AvgIpc) is 2.42. The lowest BCUT2D eigenvalue weighted by Crippen LogP contribution is -2.26. The Labute approximate surface area is 73.5 Å². The third-order valence-electron chi connectivity index (χ3n) is 2.64. The van der Waals surface area contributed by atoms with Crippen LogP contribution >= 0.6 is 0 Å². The molecule has 1 heterocycles. The van der Waals surface area contributed by atoms with Crippen LogP contribution in [0.3, 0.4) is 0 Å². The summed E-state index contributed by atoms with van der Waals surface area (Å²) in [5.41, 5.74) is 0. The number of hydrogen-bond donors (Lipinski definition) is 0. The molecule has 1 aliphatic heterocycles. The number of allylic oxidation sites excluding steroid dienone is 1. The van der Waals surface area contributed by atoms with Gasteiger partial charge in [-0.05, 0) is 24.8 Å². The average molecular weight is 168 g/mol. The van der Waals surface area contributed by atoms with Crippen molar-refractivity contribution in [3.8, 4) is 0 Å². The molecule has 1 fully saturated rings. The van der Waals surface area contributed by atoms with E-state index in [0.29, 0.717) is 5.92 Å². The highest BCUT2D eigenvalue weighted by molar-refractivity contribution is 5.02. The molecular weight excluding hydrogens is 152 g/mol. The third-order valence-corrected chi connectivity index (χ3v) is 2.64. The largest absolute Gasteiger partial charge is 0.344 e. The number of rotatable bonds is 0. The summed E-state index contributed by atoms with van der Waals surface area (Å²) in [5.74, 6) is 0.335. The van der Waals surface area contributed by atoms with E-state index in [4.69, 9.17) is 9.47 Å². The smallest absolute Gasteiger partial charge is 0.187 e. The molecule has 0 unspecified atom stereocenters. The maximum absolute atomic E-state index is 5.60. The molecule has 1 atom stereocenters. The predicted molar refractivity (Wildman–Crippen MR) is 46.8 cm³/mol. The number of ether oxygens (including phenoxy) is 2. The van der Waals surface area contributed by atoms with Crippen molar-refractivity contribution in [1.29, 1.82) is 0 Å². The summed E-state index contributed by atoms with van der Waals surface area (Å²) in [6.45, 7) is 3.74. The minimum absolute atomic E-state index is 0.342. The molecule has 2 nitrogen and oxygen atoms in total. The number of hydrogen-bond acceptors (Lipinski definition) is 2. The summed E-state index contributed by atoms with van der Waals surface area (Å²) >= 11 is 0. The van der Waals surface area contributed by atoms with Crippen LogP contribution in [0.15, 0.2) is 12.2 Å². The van der Waals surface area contributed by atoms with Crippen LogP contribution < -0.4 is 0 Å². The van der Waals surface area contributed by atoms with E-state index in [0.717, 1.165) is 19.6 Å². The first-order valence-electron chi connectivity index (χ1n) is 4.78. The molecule has 0 amide bonds. The van der Waals surface area contributed by atoms with Crippen LogP contribution in [0.2, 0.25) is 0 Å². The molecular formula is C10H16O2. The highest BCUT2D eigenvalue weighted by Gasteiger charge is 2.34. The maximum Gasteiger partial charge on any atom is 0.187 e. The quantitative estimate of drug-likeness (QED) is 0.516. The Hall–Kier alpha value is -0.340. The first-order valence-corrected chi connectivity index (χ1v) is 4.78. The molecule has 0 bridgehead atoms. The molecule has 12 heavy (non-hydrogen) atoms. The molecule has 2 heteroatoms. The SMILES string of the molecule is C[C@H]1C=CC2(CCC1)OCCO2. The van der Waals surface area contributed by atoms with Crippen LogP contribution in [0.5, 0.6) is 0 Å². The van der Waals surface area contributed by atoms with Gasteiger partial charge in [-0.1, -0.05) is 13.0 Å². The lowest BCUT2D eigenvalue weighted by Gasteiger charge is -2.21. The van der Waals surface area contributed by atoms with E-state index in [1.54, 1.807) is 0 Å². The van der Waals surface area contributed by atoms with Gasteiger partial charge in [-0.25, -0.2) is 0 Å². The minimum atomic E-state index is -0.342. The molecule has 0 aromatic rings. The van der Waals surface area contributed by atoms with E-state index in [1.165, 1.54) is 12.8 Å². The molecule has 0 aromatic carbocycles. The zero-order valence-electron chi connectivity index (χ0n) is 7.58. The zero-order chi connectivity index (χ0) is 8.44. The Morgan fingerprint density at radius 1 is 1.33 bits per heavy atom. The van der Waals surface area contributed by atoms with Gasteiger partial charge in [0.2, 0.25) is 0 Å². The fourth-order valence-corrected chi connectivity index (χ4v) is 1.87. The molecule has 1 spiro atoms. The van der Waals surface area contributed by atoms with E-state index >= 15 is 0 Å². The zero-order valence-corrected chi connectivity index (χ0v) is 7.58. The van der Waals surface area contributed by atoms with E-state index in [2.05, 4.69) is 19.1 Å². The monoisotopic (exact) mass is 168 g/mol. The summed E-state index contributed by atoms with van der Waals surface area (Å²) in [7, 11) is 0. The van der Waals surface area contributed by atoms with E-state index in [-0.39, 0.29) is 5.79 Å². The predicted octanol–water partition coefficient (Wildman–Crippen LogP) is 2.11. The molecule has 2 rings (SSSR count). The van der Waals surface area contributed by atoms with Gasteiger partial charge in [0.15, 0.2) is 5.79 Å². The van der Waals surface area contributed by atoms with Crippen LogP contribution in [0.4, 0.5) is 0 Å². The summed E-state index contributed by atoms with van der Waals surface area (Å²) < 4.78 is 11.2. The molecule has 0 saturated carbocycles. The first-order chi connectivity index (χ1) is 5.81. The van der Waals surface area contributed by atoms with Crippen LogP contribution in [0.1, 0.15) is 26.2 Å². The summed E-state index contributed by atoms with van der Waals surface area (Å²) in [4.78, 5) is 0. The van der Waals surface area contributed by atoms with Gasteiger partial charge in [-0.15, -0.1) is 0 Å². The Kier molecular flexibility index (Phi) is 2.20. The van der Waals surface area contributed by atoms with Crippen molar-refractivity contribution in [1.82, 2.24) is 0 Å². The second-order valence-corrected chi connectivity index (χ2v) is 3.74. The van der Waals surface area contributed by atoms with Gasteiger partial charge in [0, 0.05) is 6.42 Å². The Morgan fingerprint density at radius 2 is 2.08 bits per heavy atom. The van der Waals surface area contributed by atoms with Crippen molar-refractivity contribution in [3.05, 3.63) is 12.2 Å². The molecule has 0 N–H and O–H groups in total. The fourth-order valence-electron chi connectivity index (χ4n) is 1.87. The fraction of sp³-hybridized carbons (Fsp3) is 0.800. The van der Waals surface area contributed by atoms with Crippen LogP contribution in [0.25, 0.3) is 0 Å². The van der Waals surface area contributed by atoms with Gasteiger partial charge in [0.1, 0.15) is 0 Å². The molecule has 2 aliphatic rings. The molecule has 0 radical (unpaired) electrons. The Morgan fingerprint density at radius 3 is 2.83 bits per heavy atom. The van der Waals surface area contributed by atoms with Gasteiger partial charge in [-0.2, -0.15) is 0 Å². The third kappa shape index (κ3) is 1.54. The van der Waals surface area contributed by atoms with Gasteiger partial charge < -0.3 is 9.47 Å². The lowest BCUT2D eigenvalue weighted by atomic mass is 10.1. The van der Waals surface area contributed by atoms with Crippen molar-refractivity contribution < 1.29 is 9.47 Å². The second-order valence-electron chi connectivity index (χ2n) is 3.74. The van der Waals surface area contributed by atoms with E-state index in [9.17, 15) is 0 Å². The van der Waals surface area contributed by atoms with Crippen LogP contribution in [0, 0.1) is 5.92 Å². The Bertz CT molecular complexity index is 180. The van der Waals surface area contributed by atoms with Gasteiger partial charge >= 0.3 is 0 Å².